The molecule has 2 rings (SSSR count). The molecule has 0 aliphatic heterocycles. The lowest BCUT2D eigenvalue weighted by molar-refractivity contribution is -0.121. The second kappa shape index (κ2) is 10.8. The summed E-state index contributed by atoms with van der Waals surface area (Å²) in [4.78, 5) is 24.2. The molecule has 0 aliphatic rings. The maximum atomic E-state index is 12.3. The molecule has 1 N–H and O–H groups in total. The summed E-state index contributed by atoms with van der Waals surface area (Å²) in [6.07, 6.45) is 1.96. The van der Waals surface area contributed by atoms with Crippen molar-refractivity contribution in [1.82, 2.24) is 0 Å². The van der Waals surface area contributed by atoms with Crippen LogP contribution in [0.25, 0.3) is 11.1 Å². The van der Waals surface area contributed by atoms with Crippen LogP contribution < -0.4 is 9.47 Å². The number of carbonyl (C=O) groups excluding carboxylic acids is 2. The van der Waals surface area contributed by atoms with Gasteiger partial charge in [0, 0.05) is 17.5 Å². The van der Waals surface area contributed by atoms with Crippen molar-refractivity contribution in [3.63, 3.8) is 0 Å². The highest BCUT2D eigenvalue weighted by Crippen LogP contribution is 2.44. The van der Waals surface area contributed by atoms with Gasteiger partial charge in [-0.05, 0) is 55.9 Å². The van der Waals surface area contributed by atoms with Gasteiger partial charge in [0.05, 0.1) is 6.61 Å². The highest BCUT2D eigenvalue weighted by Gasteiger charge is 2.20. The number of ketones is 2. The Labute approximate surface area is 179 Å². The van der Waals surface area contributed by atoms with Crippen LogP contribution >= 0.6 is 0 Å². The number of aryl methyl sites for hydroxylation is 1. The predicted molar refractivity (Wildman–Crippen MR) is 119 cm³/mol. The first-order valence-corrected chi connectivity index (χ1v) is 10.6. The van der Waals surface area contributed by atoms with E-state index in [1.165, 1.54) is 0 Å². The molecule has 2 aromatic rings. The maximum absolute atomic E-state index is 12.3. The molecule has 0 unspecified atom stereocenters. The van der Waals surface area contributed by atoms with E-state index in [-0.39, 0.29) is 29.7 Å². The monoisotopic (exact) mass is 412 g/mol. The van der Waals surface area contributed by atoms with E-state index in [1.807, 2.05) is 26.0 Å². The summed E-state index contributed by atoms with van der Waals surface area (Å²) in [5, 5.41) is 10.3. The second-order valence-electron chi connectivity index (χ2n) is 7.77. The van der Waals surface area contributed by atoms with Gasteiger partial charge in [-0.3, -0.25) is 9.59 Å². The first-order valence-electron chi connectivity index (χ1n) is 10.6. The lowest BCUT2D eigenvalue weighted by Crippen LogP contribution is -2.13. The van der Waals surface area contributed by atoms with Gasteiger partial charge in [-0.25, -0.2) is 0 Å². The number of hydrogen-bond acceptors (Lipinski definition) is 5. The zero-order valence-corrected chi connectivity index (χ0v) is 18.6. The minimum atomic E-state index is -0.0879. The molecule has 0 saturated heterocycles. The molecule has 5 nitrogen and oxygen atoms in total. The Morgan fingerprint density at radius 3 is 2.37 bits per heavy atom. The summed E-state index contributed by atoms with van der Waals surface area (Å²) < 4.78 is 11.5. The minimum Gasteiger partial charge on any atom is -0.504 e. The molecule has 5 heteroatoms. The van der Waals surface area contributed by atoms with Crippen LogP contribution in [0.3, 0.4) is 0 Å². The normalized spacial score (nSPS) is 10.9. The number of ether oxygens (including phenoxy) is 2. The third kappa shape index (κ3) is 5.85. The first kappa shape index (κ1) is 23.5. The summed E-state index contributed by atoms with van der Waals surface area (Å²) >= 11 is 0. The van der Waals surface area contributed by atoms with Crippen molar-refractivity contribution in [3.8, 4) is 28.4 Å². The molecule has 2 aromatic carbocycles. The third-order valence-electron chi connectivity index (χ3n) is 4.93. The van der Waals surface area contributed by atoms with Crippen LogP contribution in [0.1, 0.15) is 63.4 Å². The lowest BCUT2D eigenvalue weighted by atomic mass is 9.95. The van der Waals surface area contributed by atoms with E-state index in [9.17, 15) is 14.7 Å². The number of hydrogen-bond donors (Lipinski definition) is 1. The molecular formula is C25H32O5. The Balaban J connectivity index is 2.45. The Hall–Kier alpha value is -2.82. The average Bonchev–Trinajstić information content (AvgIpc) is 2.72. The average molecular weight is 413 g/mol. The Kier molecular flexibility index (Phi) is 8.46. The van der Waals surface area contributed by atoms with Crippen LogP contribution in [0.5, 0.6) is 17.2 Å². The van der Waals surface area contributed by atoms with Gasteiger partial charge in [-0.15, -0.1) is 0 Å². The number of phenols is 1. The Bertz CT molecular complexity index is 899. The maximum Gasteiger partial charge on any atom is 0.203 e. The fourth-order valence-corrected chi connectivity index (χ4v) is 3.28. The molecule has 0 spiro atoms. The summed E-state index contributed by atoms with van der Waals surface area (Å²) in [5.41, 5.74) is 3.17. The standard InChI is InChI=1S/C25H32O5/c1-6-18-14-19(9-11-21(18)17(5)26)22-12-13-23(28)25(29-7-2)24(22)30-15-20(27)10-8-16(3)4/h9,11-14,16,28H,6-8,10,15H2,1-5H3. The van der Waals surface area contributed by atoms with E-state index < -0.39 is 0 Å². The number of carbonyl (C=O) groups is 2. The zero-order valence-electron chi connectivity index (χ0n) is 18.6. The largest absolute Gasteiger partial charge is 0.504 e. The fraction of sp³-hybridized carbons (Fsp3) is 0.440. The van der Waals surface area contributed by atoms with Gasteiger partial charge in [0.2, 0.25) is 5.75 Å². The van der Waals surface area contributed by atoms with Gasteiger partial charge >= 0.3 is 0 Å². The summed E-state index contributed by atoms with van der Waals surface area (Å²) in [6.45, 7) is 9.78. The van der Waals surface area contributed by atoms with Gasteiger partial charge in [0.15, 0.2) is 23.1 Å². The molecule has 0 radical (unpaired) electrons. The van der Waals surface area contributed by atoms with Crippen LogP contribution in [-0.2, 0) is 11.2 Å². The Morgan fingerprint density at radius 1 is 1.03 bits per heavy atom. The summed E-state index contributed by atoms with van der Waals surface area (Å²) in [7, 11) is 0. The molecule has 0 aliphatic carbocycles. The highest BCUT2D eigenvalue weighted by molar-refractivity contribution is 5.96. The number of aromatic hydroxyl groups is 1. The topological polar surface area (TPSA) is 72.8 Å². The van der Waals surface area contributed by atoms with Crippen LogP contribution in [0, 0.1) is 5.92 Å². The van der Waals surface area contributed by atoms with Gasteiger partial charge in [-0.2, -0.15) is 0 Å². The van der Waals surface area contributed by atoms with Crippen molar-refractivity contribution >= 4 is 11.6 Å². The van der Waals surface area contributed by atoms with E-state index >= 15 is 0 Å². The second-order valence-corrected chi connectivity index (χ2v) is 7.77. The fourth-order valence-electron chi connectivity index (χ4n) is 3.28. The molecule has 0 heterocycles. The third-order valence-corrected chi connectivity index (χ3v) is 4.93. The lowest BCUT2D eigenvalue weighted by Gasteiger charge is -2.18. The quantitative estimate of drug-likeness (QED) is 0.486. The molecular weight excluding hydrogens is 380 g/mol. The van der Waals surface area contributed by atoms with Crippen LogP contribution in [0.4, 0.5) is 0 Å². The van der Waals surface area contributed by atoms with Crippen molar-refractivity contribution in [1.29, 1.82) is 0 Å². The van der Waals surface area contributed by atoms with E-state index in [4.69, 9.17) is 9.47 Å². The number of benzene rings is 2. The first-order chi connectivity index (χ1) is 14.3. The molecule has 162 valence electrons. The van der Waals surface area contributed by atoms with Crippen molar-refractivity contribution < 1.29 is 24.2 Å². The molecule has 30 heavy (non-hydrogen) atoms. The summed E-state index contributed by atoms with van der Waals surface area (Å²) in [6, 6.07) is 8.91. The van der Waals surface area contributed by atoms with Crippen molar-refractivity contribution in [3.05, 3.63) is 41.5 Å². The van der Waals surface area contributed by atoms with Crippen molar-refractivity contribution in [2.75, 3.05) is 13.2 Å². The van der Waals surface area contributed by atoms with Crippen LogP contribution in [0.15, 0.2) is 30.3 Å². The van der Waals surface area contributed by atoms with E-state index in [0.29, 0.717) is 42.2 Å². The van der Waals surface area contributed by atoms with Gasteiger partial charge in [-0.1, -0.05) is 39.0 Å². The molecule has 0 saturated carbocycles. The predicted octanol–water partition coefficient (Wildman–Crippen LogP) is 5.61. The highest BCUT2D eigenvalue weighted by atomic mass is 16.5. The zero-order chi connectivity index (χ0) is 22.3. The van der Waals surface area contributed by atoms with E-state index in [1.54, 1.807) is 25.1 Å². The van der Waals surface area contributed by atoms with Gasteiger partial charge in [0.1, 0.15) is 6.61 Å². The number of rotatable bonds is 11. The van der Waals surface area contributed by atoms with Crippen LogP contribution in [0.2, 0.25) is 0 Å². The summed E-state index contributed by atoms with van der Waals surface area (Å²) in [5.74, 6) is 0.985. The van der Waals surface area contributed by atoms with Gasteiger partial charge < -0.3 is 14.6 Å². The SMILES string of the molecule is CCOc1c(O)ccc(-c2ccc(C(C)=O)c(CC)c2)c1OCC(=O)CCC(C)C. The van der Waals surface area contributed by atoms with E-state index in [0.717, 1.165) is 17.5 Å². The number of Topliss-reactive ketones (excluding diaryl/α,β-unsaturated/α-hetero) is 2. The molecule has 0 fully saturated rings. The molecule has 0 bridgehead atoms. The molecule has 0 amide bonds. The van der Waals surface area contributed by atoms with Crippen molar-refractivity contribution in [2.45, 2.75) is 53.9 Å². The smallest absolute Gasteiger partial charge is 0.203 e. The van der Waals surface area contributed by atoms with E-state index in [2.05, 4.69) is 13.8 Å². The molecule has 0 aromatic heterocycles. The minimum absolute atomic E-state index is 0.00150. The van der Waals surface area contributed by atoms with Gasteiger partial charge in [0.25, 0.3) is 0 Å². The molecule has 0 atom stereocenters. The van der Waals surface area contributed by atoms with Crippen LogP contribution in [-0.4, -0.2) is 29.9 Å². The number of phenolic OH excluding ortho intramolecular Hbond substituents is 1. The van der Waals surface area contributed by atoms with Crippen molar-refractivity contribution in [2.24, 2.45) is 5.92 Å². The Morgan fingerprint density at radius 2 is 1.77 bits per heavy atom.